The second-order valence-electron chi connectivity index (χ2n) is 5.13. The molecule has 0 saturated carbocycles. The van der Waals surface area contributed by atoms with Crippen LogP contribution in [0.3, 0.4) is 0 Å². The Bertz CT molecular complexity index is 895. The van der Waals surface area contributed by atoms with E-state index in [1.165, 1.54) is 4.57 Å². The topological polar surface area (TPSA) is 71.8 Å². The van der Waals surface area contributed by atoms with E-state index in [1.54, 1.807) is 31.2 Å². The van der Waals surface area contributed by atoms with Crippen molar-refractivity contribution in [2.24, 2.45) is 0 Å². The number of anilines is 1. The number of nitrogens with one attached hydrogen (secondary N) is 2. The minimum atomic E-state index is -0.445. The Morgan fingerprint density at radius 2 is 1.75 bits per heavy atom. The lowest BCUT2D eigenvalue weighted by atomic mass is 10.2. The molecule has 0 radical (unpaired) electrons. The SMILES string of the molecule is Cc1nc(NNCc2ccccc2)nc(=O)n1-c1ccccc1Cl. The third kappa shape index (κ3) is 3.61. The maximum Gasteiger partial charge on any atom is 0.356 e. The molecule has 2 N–H and O–H groups in total. The van der Waals surface area contributed by atoms with Gasteiger partial charge in [0, 0.05) is 6.54 Å². The first-order valence-corrected chi connectivity index (χ1v) is 7.78. The summed E-state index contributed by atoms with van der Waals surface area (Å²) in [6.45, 7) is 2.31. The van der Waals surface area contributed by atoms with Gasteiger partial charge in [-0.1, -0.05) is 54.1 Å². The van der Waals surface area contributed by atoms with Gasteiger partial charge in [-0.2, -0.15) is 9.97 Å². The summed E-state index contributed by atoms with van der Waals surface area (Å²) in [5.41, 5.74) is 7.06. The second kappa shape index (κ2) is 7.25. The largest absolute Gasteiger partial charge is 0.356 e. The van der Waals surface area contributed by atoms with Gasteiger partial charge in [0.15, 0.2) is 0 Å². The van der Waals surface area contributed by atoms with Gasteiger partial charge >= 0.3 is 5.69 Å². The Morgan fingerprint density at radius 1 is 1.04 bits per heavy atom. The predicted molar refractivity (Wildman–Crippen MR) is 94.3 cm³/mol. The van der Waals surface area contributed by atoms with Crippen LogP contribution < -0.4 is 16.5 Å². The molecule has 0 saturated heterocycles. The molecule has 0 bridgehead atoms. The van der Waals surface area contributed by atoms with Crippen LogP contribution in [0.4, 0.5) is 5.95 Å². The fourth-order valence-corrected chi connectivity index (χ4v) is 2.52. The third-order valence-corrected chi connectivity index (χ3v) is 3.73. The lowest BCUT2D eigenvalue weighted by Gasteiger charge is -2.12. The van der Waals surface area contributed by atoms with Crippen molar-refractivity contribution < 1.29 is 0 Å². The predicted octanol–water partition coefficient (Wildman–Crippen LogP) is 2.71. The molecule has 1 aromatic heterocycles. The molecule has 0 amide bonds. The number of para-hydroxylation sites is 1. The summed E-state index contributed by atoms with van der Waals surface area (Å²) in [5.74, 6) is 0.712. The van der Waals surface area contributed by atoms with Crippen LogP contribution in [-0.2, 0) is 6.54 Å². The van der Waals surface area contributed by atoms with Crippen molar-refractivity contribution in [3.63, 3.8) is 0 Å². The highest BCUT2D eigenvalue weighted by Gasteiger charge is 2.11. The zero-order valence-electron chi connectivity index (χ0n) is 13.0. The van der Waals surface area contributed by atoms with Gasteiger partial charge < -0.3 is 0 Å². The molecule has 0 aliphatic heterocycles. The zero-order valence-corrected chi connectivity index (χ0v) is 13.8. The highest BCUT2D eigenvalue weighted by molar-refractivity contribution is 6.32. The maximum absolute atomic E-state index is 12.3. The minimum absolute atomic E-state index is 0.219. The molecule has 0 unspecified atom stereocenters. The molecule has 122 valence electrons. The Morgan fingerprint density at radius 3 is 2.46 bits per heavy atom. The Kier molecular flexibility index (Phi) is 4.88. The number of hydrogen-bond donors (Lipinski definition) is 2. The first-order chi connectivity index (χ1) is 11.6. The fourth-order valence-electron chi connectivity index (χ4n) is 2.29. The molecular formula is C17H16ClN5O. The molecule has 6 nitrogen and oxygen atoms in total. The van der Waals surface area contributed by atoms with Crippen molar-refractivity contribution in [2.75, 3.05) is 5.43 Å². The smallest absolute Gasteiger partial charge is 0.289 e. The standard InChI is InChI=1S/C17H16ClN5O/c1-12-20-16(22-19-11-13-7-3-2-4-8-13)21-17(24)23(12)15-10-6-5-9-14(15)18/h2-10,19H,11H2,1H3,(H,21,22,24). The van der Waals surface area contributed by atoms with E-state index in [9.17, 15) is 4.79 Å². The normalized spacial score (nSPS) is 10.6. The number of nitrogens with zero attached hydrogens (tertiary/aromatic N) is 3. The lowest BCUT2D eigenvalue weighted by molar-refractivity contribution is 0.753. The summed E-state index contributed by atoms with van der Waals surface area (Å²) in [4.78, 5) is 20.6. The second-order valence-corrected chi connectivity index (χ2v) is 5.54. The molecular weight excluding hydrogens is 326 g/mol. The van der Waals surface area contributed by atoms with Gasteiger partial charge in [0.25, 0.3) is 0 Å². The van der Waals surface area contributed by atoms with E-state index in [0.717, 1.165) is 5.56 Å². The van der Waals surface area contributed by atoms with Crippen LogP contribution in [-0.4, -0.2) is 14.5 Å². The summed E-state index contributed by atoms with van der Waals surface area (Å²) in [5, 5.41) is 0.467. The Balaban J connectivity index is 1.78. The third-order valence-electron chi connectivity index (χ3n) is 3.41. The van der Waals surface area contributed by atoms with Gasteiger partial charge in [0.2, 0.25) is 5.95 Å². The number of halogens is 1. The number of hydrogen-bond acceptors (Lipinski definition) is 5. The lowest BCUT2D eigenvalue weighted by Crippen LogP contribution is -2.30. The van der Waals surface area contributed by atoms with Crippen LogP contribution in [0.25, 0.3) is 5.69 Å². The van der Waals surface area contributed by atoms with E-state index in [2.05, 4.69) is 20.8 Å². The molecule has 2 aromatic carbocycles. The summed E-state index contributed by atoms with van der Waals surface area (Å²) < 4.78 is 1.38. The number of aromatic nitrogens is 3. The van der Waals surface area contributed by atoms with E-state index in [-0.39, 0.29) is 5.95 Å². The van der Waals surface area contributed by atoms with Gasteiger partial charge in [-0.05, 0) is 24.6 Å². The van der Waals surface area contributed by atoms with E-state index in [1.807, 2.05) is 30.3 Å². The van der Waals surface area contributed by atoms with Crippen LogP contribution in [0.1, 0.15) is 11.4 Å². The van der Waals surface area contributed by atoms with Gasteiger partial charge in [-0.25, -0.2) is 14.8 Å². The molecule has 3 rings (SSSR count). The summed E-state index contributed by atoms with van der Waals surface area (Å²) in [6, 6.07) is 16.9. The zero-order chi connectivity index (χ0) is 16.9. The number of benzene rings is 2. The van der Waals surface area contributed by atoms with Crippen molar-refractivity contribution in [3.05, 3.63) is 81.5 Å². The van der Waals surface area contributed by atoms with Crippen molar-refractivity contribution in [3.8, 4) is 5.69 Å². The monoisotopic (exact) mass is 341 g/mol. The molecule has 0 fully saturated rings. The van der Waals surface area contributed by atoms with Crippen LogP contribution in [0.5, 0.6) is 0 Å². The molecule has 3 aromatic rings. The first-order valence-electron chi connectivity index (χ1n) is 7.40. The quantitative estimate of drug-likeness (QED) is 0.698. The van der Waals surface area contributed by atoms with Crippen molar-refractivity contribution in [1.29, 1.82) is 0 Å². The van der Waals surface area contributed by atoms with Gasteiger partial charge in [-0.3, -0.25) is 5.43 Å². The maximum atomic E-state index is 12.3. The highest BCUT2D eigenvalue weighted by atomic mass is 35.5. The van der Waals surface area contributed by atoms with E-state index < -0.39 is 5.69 Å². The summed E-state index contributed by atoms with van der Waals surface area (Å²) in [7, 11) is 0. The highest BCUT2D eigenvalue weighted by Crippen LogP contribution is 2.19. The van der Waals surface area contributed by atoms with E-state index in [0.29, 0.717) is 23.1 Å². The number of aryl methyl sites for hydroxylation is 1. The molecule has 7 heteroatoms. The summed E-state index contributed by atoms with van der Waals surface area (Å²) in [6.07, 6.45) is 0. The number of hydrazine groups is 1. The molecule has 0 spiro atoms. The minimum Gasteiger partial charge on any atom is -0.289 e. The average Bonchev–Trinajstić information content (AvgIpc) is 2.57. The van der Waals surface area contributed by atoms with Crippen LogP contribution >= 0.6 is 11.6 Å². The van der Waals surface area contributed by atoms with Crippen LogP contribution in [0.2, 0.25) is 5.02 Å². The molecule has 0 aliphatic rings. The van der Waals surface area contributed by atoms with Gasteiger partial charge in [0.05, 0.1) is 10.7 Å². The van der Waals surface area contributed by atoms with Gasteiger partial charge in [-0.15, -0.1) is 0 Å². The molecule has 0 atom stereocenters. The van der Waals surface area contributed by atoms with E-state index >= 15 is 0 Å². The molecule has 1 heterocycles. The molecule has 24 heavy (non-hydrogen) atoms. The number of rotatable bonds is 5. The van der Waals surface area contributed by atoms with Crippen LogP contribution in [0.15, 0.2) is 59.4 Å². The molecule has 0 aliphatic carbocycles. The Hall–Kier alpha value is -2.70. The van der Waals surface area contributed by atoms with Crippen LogP contribution in [0, 0.1) is 6.92 Å². The first kappa shape index (κ1) is 16.2. The average molecular weight is 342 g/mol. The summed E-state index contributed by atoms with van der Waals surface area (Å²) >= 11 is 6.15. The van der Waals surface area contributed by atoms with Crippen molar-refractivity contribution in [1.82, 2.24) is 20.0 Å². The fraction of sp³-hybridized carbons (Fsp3) is 0.118. The van der Waals surface area contributed by atoms with Crippen molar-refractivity contribution >= 4 is 17.5 Å². The van der Waals surface area contributed by atoms with Crippen molar-refractivity contribution in [2.45, 2.75) is 13.5 Å². The Labute approximate surface area is 144 Å². The van der Waals surface area contributed by atoms with E-state index in [4.69, 9.17) is 11.6 Å². The van der Waals surface area contributed by atoms with Gasteiger partial charge in [0.1, 0.15) is 5.82 Å².